The minimum Gasteiger partial charge on any atom is -0.366 e. The first-order valence-corrected chi connectivity index (χ1v) is 9.49. The lowest BCUT2D eigenvalue weighted by atomic mass is 10.1. The number of carbonyl (C=O) groups is 1. The molecule has 0 aliphatic carbocycles. The normalized spacial score (nSPS) is 13.1. The van der Waals surface area contributed by atoms with Crippen LogP contribution in [0.5, 0.6) is 0 Å². The van der Waals surface area contributed by atoms with Crippen LogP contribution in [0.15, 0.2) is 60.0 Å². The second kappa shape index (κ2) is 7.72. The Labute approximate surface area is 162 Å². The number of hydrogen-bond donors (Lipinski definition) is 3. The van der Waals surface area contributed by atoms with Gasteiger partial charge in [-0.25, -0.2) is 4.98 Å². The molecule has 0 fully saturated rings. The summed E-state index contributed by atoms with van der Waals surface area (Å²) < 4.78 is 1.11. The molecule has 0 saturated heterocycles. The lowest BCUT2D eigenvalue weighted by Crippen LogP contribution is -2.48. The smallest absolute Gasteiger partial charge is 0.236 e. The van der Waals surface area contributed by atoms with Gasteiger partial charge in [0.25, 0.3) is 0 Å². The van der Waals surface area contributed by atoms with Gasteiger partial charge in [-0.15, -0.1) is 0 Å². The van der Waals surface area contributed by atoms with Crippen LogP contribution >= 0.6 is 11.8 Å². The maximum atomic E-state index is 12.6. The van der Waals surface area contributed by atoms with Crippen molar-refractivity contribution in [3.8, 4) is 5.69 Å². The van der Waals surface area contributed by atoms with Gasteiger partial charge in [0.15, 0.2) is 11.4 Å². The number of benzene rings is 2. The molecule has 1 unspecified atom stereocenters. The van der Waals surface area contributed by atoms with Crippen molar-refractivity contribution in [2.24, 2.45) is 0 Å². The molecule has 3 N–H and O–H groups in total. The van der Waals surface area contributed by atoms with Gasteiger partial charge in [0.1, 0.15) is 0 Å². The number of fused-ring (bicyclic) bond motifs is 1. The summed E-state index contributed by atoms with van der Waals surface area (Å²) >= 11 is 1.32. The second-order valence-electron chi connectivity index (χ2n) is 6.87. The predicted molar refractivity (Wildman–Crippen MR) is 107 cm³/mol. The largest absolute Gasteiger partial charge is 0.366 e. The van der Waals surface area contributed by atoms with Crippen LogP contribution in [0.1, 0.15) is 20.8 Å². The zero-order valence-electron chi connectivity index (χ0n) is 15.5. The highest BCUT2D eigenvalue weighted by molar-refractivity contribution is 8.01. The van der Waals surface area contributed by atoms with E-state index in [9.17, 15) is 15.0 Å². The molecular formula is C20H23N3O3S. The van der Waals surface area contributed by atoms with E-state index in [4.69, 9.17) is 0 Å². The number of thioether (sulfide) groups is 1. The van der Waals surface area contributed by atoms with Gasteiger partial charge in [-0.05, 0) is 32.2 Å². The third kappa shape index (κ3) is 4.16. The Morgan fingerprint density at radius 3 is 2.63 bits per heavy atom. The van der Waals surface area contributed by atoms with Gasteiger partial charge < -0.3 is 15.5 Å². The minimum absolute atomic E-state index is 0.291. The molecule has 6 nitrogen and oxygen atoms in total. The summed E-state index contributed by atoms with van der Waals surface area (Å²) in [6, 6.07) is 13.4. The molecule has 3 rings (SSSR count). The Morgan fingerprint density at radius 1 is 1.19 bits per heavy atom. The van der Waals surface area contributed by atoms with E-state index in [0.29, 0.717) is 5.16 Å². The van der Waals surface area contributed by atoms with E-state index in [1.165, 1.54) is 11.8 Å². The van der Waals surface area contributed by atoms with Crippen LogP contribution < -0.4 is 5.32 Å². The molecule has 142 valence electrons. The standard InChI is InChI=1S/C20H23N3O3S/c1-13(17(24)25)22-18(26)20(2,3)27-19-21-11-12-23(19)16-10-6-8-14-7-4-5-9-15(14)16/h4-13,17,24-25H,1-3H3,(H,22,26). The predicted octanol–water partition coefficient (Wildman–Crippen LogP) is 2.71. The number of hydrogen-bond acceptors (Lipinski definition) is 5. The molecule has 0 bridgehead atoms. The van der Waals surface area contributed by atoms with E-state index in [0.717, 1.165) is 16.5 Å². The SMILES string of the molecule is CC(NC(=O)C(C)(C)Sc1nccn1-c1cccc2ccccc12)C(O)O. The van der Waals surface area contributed by atoms with E-state index >= 15 is 0 Å². The van der Waals surface area contributed by atoms with Crippen molar-refractivity contribution in [2.45, 2.75) is 43.0 Å². The van der Waals surface area contributed by atoms with Crippen LogP contribution in [0.3, 0.4) is 0 Å². The molecule has 0 aliphatic heterocycles. The Bertz CT molecular complexity index is 947. The lowest BCUT2D eigenvalue weighted by molar-refractivity contribution is -0.127. The molecule has 1 aromatic heterocycles. The Morgan fingerprint density at radius 2 is 1.89 bits per heavy atom. The molecule has 7 heteroatoms. The number of nitrogens with one attached hydrogen (secondary N) is 1. The third-order valence-electron chi connectivity index (χ3n) is 4.33. The summed E-state index contributed by atoms with van der Waals surface area (Å²) in [5.41, 5.74) is 0.989. The quantitative estimate of drug-likeness (QED) is 0.449. The van der Waals surface area contributed by atoms with Crippen LogP contribution in [0.25, 0.3) is 16.5 Å². The summed E-state index contributed by atoms with van der Waals surface area (Å²) in [5, 5.41) is 23.9. The van der Waals surface area contributed by atoms with E-state index in [1.807, 2.05) is 35.0 Å². The van der Waals surface area contributed by atoms with Crippen molar-refractivity contribution in [2.75, 3.05) is 0 Å². The Kier molecular flexibility index (Phi) is 5.55. The molecule has 27 heavy (non-hydrogen) atoms. The van der Waals surface area contributed by atoms with Crippen molar-refractivity contribution in [1.29, 1.82) is 0 Å². The van der Waals surface area contributed by atoms with Gasteiger partial charge in [-0.3, -0.25) is 9.36 Å². The lowest BCUT2D eigenvalue weighted by Gasteiger charge is -2.26. The topological polar surface area (TPSA) is 87.4 Å². The molecular weight excluding hydrogens is 362 g/mol. The Hall–Kier alpha value is -2.35. The maximum Gasteiger partial charge on any atom is 0.236 e. The fourth-order valence-corrected chi connectivity index (χ4v) is 3.68. The number of carbonyl (C=O) groups excluding carboxylic acids is 1. The molecule has 1 atom stereocenters. The van der Waals surface area contributed by atoms with Crippen molar-refractivity contribution >= 4 is 28.4 Å². The van der Waals surface area contributed by atoms with Crippen LogP contribution in [-0.4, -0.2) is 42.8 Å². The van der Waals surface area contributed by atoms with Crippen LogP contribution in [-0.2, 0) is 4.79 Å². The van der Waals surface area contributed by atoms with E-state index in [-0.39, 0.29) is 5.91 Å². The maximum absolute atomic E-state index is 12.6. The van der Waals surface area contributed by atoms with Crippen molar-refractivity contribution in [3.63, 3.8) is 0 Å². The average molecular weight is 385 g/mol. The van der Waals surface area contributed by atoms with Crippen LogP contribution in [0.4, 0.5) is 0 Å². The first-order chi connectivity index (χ1) is 12.8. The fraction of sp³-hybridized carbons (Fsp3) is 0.300. The summed E-state index contributed by atoms with van der Waals surface area (Å²) in [7, 11) is 0. The van der Waals surface area contributed by atoms with Gasteiger partial charge >= 0.3 is 0 Å². The van der Waals surface area contributed by atoms with Gasteiger partial charge in [-0.2, -0.15) is 0 Å². The van der Waals surface area contributed by atoms with E-state index in [1.54, 1.807) is 27.0 Å². The van der Waals surface area contributed by atoms with Crippen molar-refractivity contribution in [1.82, 2.24) is 14.9 Å². The number of aliphatic hydroxyl groups is 2. The van der Waals surface area contributed by atoms with Gasteiger partial charge in [0, 0.05) is 17.8 Å². The number of aliphatic hydroxyl groups excluding tert-OH is 1. The van der Waals surface area contributed by atoms with E-state index < -0.39 is 17.1 Å². The molecule has 0 saturated carbocycles. The van der Waals surface area contributed by atoms with Gasteiger partial charge in [-0.1, -0.05) is 48.2 Å². The monoisotopic (exact) mass is 385 g/mol. The molecule has 1 amide bonds. The minimum atomic E-state index is -1.60. The fourth-order valence-electron chi connectivity index (χ4n) is 2.70. The first kappa shape index (κ1) is 19.4. The van der Waals surface area contributed by atoms with E-state index in [2.05, 4.69) is 28.5 Å². The molecule has 1 heterocycles. The van der Waals surface area contributed by atoms with Crippen LogP contribution in [0.2, 0.25) is 0 Å². The summed E-state index contributed by atoms with van der Waals surface area (Å²) in [5.74, 6) is -0.291. The molecule has 0 radical (unpaired) electrons. The zero-order valence-corrected chi connectivity index (χ0v) is 16.3. The molecule has 0 aliphatic rings. The highest BCUT2D eigenvalue weighted by Gasteiger charge is 2.32. The average Bonchev–Trinajstić information content (AvgIpc) is 3.08. The highest BCUT2D eigenvalue weighted by atomic mass is 32.2. The van der Waals surface area contributed by atoms with Crippen molar-refractivity contribution in [3.05, 3.63) is 54.9 Å². The molecule has 3 aromatic rings. The summed E-state index contributed by atoms with van der Waals surface area (Å²) in [6.45, 7) is 5.11. The van der Waals surface area contributed by atoms with Crippen LogP contribution in [0, 0.1) is 0 Å². The Balaban J connectivity index is 1.90. The summed E-state index contributed by atoms with van der Waals surface area (Å²) in [4.78, 5) is 17.0. The number of nitrogens with zero attached hydrogens (tertiary/aromatic N) is 2. The van der Waals surface area contributed by atoms with Gasteiger partial charge in [0.05, 0.1) is 16.5 Å². The zero-order chi connectivity index (χ0) is 19.6. The number of imidazole rings is 1. The first-order valence-electron chi connectivity index (χ1n) is 8.67. The number of aromatic nitrogens is 2. The molecule has 2 aromatic carbocycles. The molecule has 0 spiro atoms. The number of rotatable bonds is 6. The third-order valence-corrected chi connectivity index (χ3v) is 5.51. The number of amides is 1. The highest BCUT2D eigenvalue weighted by Crippen LogP contribution is 2.34. The second-order valence-corrected chi connectivity index (χ2v) is 8.46. The van der Waals surface area contributed by atoms with Gasteiger partial charge in [0.2, 0.25) is 5.91 Å². The van der Waals surface area contributed by atoms with Crippen molar-refractivity contribution < 1.29 is 15.0 Å². The summed E-state index contributed by atoms with van der Waals surface area (Å²) in [6.07, 6.45) is 1.98.